The maximum Gasteiger partial charge on any atom is 0.387 e. The average Bonchev–Trinajstić information content (AvgIpc) is 2.98. The van der Waals surface area contributed by atoms with Crippen molar-refractivity contribution in [2.45, 2.75) is 37.9 Å². The number of aliphatic hydroxyl groups is 1. The smallest absolute Gasteiger partial charge is 0.387 e. The molecule has 1 aliphatic rings. The first kappa shape index (κ1) is 11.3. The molecule has 0 amide bonds. The van der Waals surface area contributed by atoms with E-state index in [0.29, 0.717) is 5.56 Å². The van der Waals surface area contributed by atoms with E-state index in [1.54, 1.807) is 25.1 Å². The zero-order valence-electron chi connectivity index (χ0n) is 8.99. The van der Waals surface area contributed by atoms with Crippen LogP contribution in [-0.4, -0.2) is 17.8 Å². The Morgan fingerprint density at radius 1 is 1.31 bits per heavy atom. The maximum absolute atomic E-state index is 12.2. The zero-order valence-corrected chi connectivity index (χ0v) is 8.99. The van der Waals surface area contributed by atoms with Crippen LogP contribution in [0.5, 0.6) is 5.75 Å². The standard InChI is InChI=1S/C12H14F2O2/c1-8(15)12(6-7-12)9-4-2-3-5-10(9)16-11(13)14/h2-5,8,11,15H,6-7H2,1H3. The van der Waals surface area contributed by atoms with Gasteiger partial charge in [0.1, 0.15) is 5.75 Å². The number of rotatable bonds is 4. The summed E-state index contributed by atoms with van der Waals surface area (Å²) in [6.07, 6.45) is 1.08. The minimum Gasteiger partial charge on any atom is -0.435 e. The average molecular weight is 228 g/mol. The van der Waals surface area contributed by atoms with Crippen molar-refractivity contribution in [1.29, 1.82) is 0 Å². The quantitative estimate of drug-likeness (QED) is 0.858. The van der Waals surface area contributed by atoms with E-state index in [9.17, 15) is 13.9 Å². The third-order valence-corrected chi connectivity index (χ3v) is 3.23. The van der Waals surface area contributed by atoms with Crippen LogP contribution in [0.4, 0.5) is 8.78 Å². The molecule has 0 spiro atoms. The number of halogens is 2. The third-order valence-electron chi connectivity index (χ3n) is 3.23. The Bertz CT molecular complexity index is 373. The monoisotopic (exact) mass is 228 g/mol. The molecule has 1 atom stereocenters. The van der Waals surface area contributed by atoms with Gasteiger partial charge in [-0.05, 0) is 25.8 Å². The minimum atomic E-state index is -2.83. The highest BCUT2D eigenvalue weighted by Crippen LogP contribution is 2.53. The van der Waals surface area contributed by atoms with E-state index in [2.05, 4.69) is 4.74 Å². The Hall–Kier alpha value is -1.16. The Morgan fingerprint density at radius 3 is 2.44 bits per heavy atom. The van der Waals surface area contributed by atoms with Gasteiger partial charge in [0.15, 0.2) is 0 Å². The Kier molecular flexibility index (Phi) is 2.84. The van der Waals surface area contributed by atoms with Crippen LogP contribution >= 0.6 is 0 Å². The molecule has 1 aromatic rings. The normalized spacial score (nSPS) is 19.6. The summed E-state index contributed by atoms with van der Waals surface area (Å²) in [5.41, 5.74) is 0.302. The molecule has 88 valence electrons. The minimum absolute atomic E-state index is 0.177. The first-order chi connectivity index (χ1) is 7.56. The van der Waals surface area contributed by atoms with E-state index in [1.807, 2.05) is 0 Å². The molecule has 1 N–H and O–H groups in total. The molecule has 0 radical (unpaired) electrons. The molecule has 1 fully saturated rings. The Labute approximate surface area is 92.9 Å². The molecule has 0 saturated heterocycles. The van der Waals surface area contributed by atoms with E-state index in [1.165, 1.54) is 6.07 Å². The fourth-order valence-corrected chi connectivity index (χ4v) is 2.12. The number of alkyl halides is 2. The second kappa shape index (κ2) is 4.01. The molecule has 1 aliphatic carbocycles. The van der Waals surface area contributed by atoms with Crippen LogP contribution in [0.1, 0.15) is 25.3 Å². The highest BCUT2D eigenvalue weighted by atomic mass is 19.3. The van der Waals surface area contributed by atoms with Gasteiger partial charge in [-0.25, -0.2) is 0 Å². The van der Waals surface area contributed by atoms with Gasteiger partial charge in [-0.2, -0.15) is 8.78 Å². The largest absolute Gasteiger partial charge is 0.435 e. The molecule has 0 aromatic heterocycles. The second-order valence-electron chi connectivity index (χ2n) is 4.21. The lowest BCUT2D eigenvalue weighted by atomic mass is 9.90. The van der Waals surface area contributed by atoms with Gasteiger partial charge in [0.05, 0.1) is 6.10 Å². The molecule has 0 aliphatic heterocycles. The van der Waals surface area contributed by atoms with Gasteiger partial charge in [-0.3, -0.25) is 0 Å². The highest BCUT2D eigenvalue weighted by molar-refractivity contribution is 5.44. The summed E-state index contributed by atoms with van der Waals surface area (Å²) in [6, 6.07) is 6.69. The van der Waals surface area contributed by atoms with Crippen LogP contribution in [0.2, 0.25) is 0 Å². The van der Waals surface area contributed by atoms with Crippen molar-refractivity contribution in [2.75, 3.05) is 0 Å². The van der Waals surface area contributed by atoms with Crippen LogP contribution in [0, 0.1) is 0 Å². The van der Waals surface area contributed by atoms with Crippen molar-refractivity contribution in [3.05, 3.63) is 29.8 Å². The summed E-state index contributed by atoms with van der Waals surface area (Å²) in [7, 11) is 0. The number of hydrogen-bond acceptors (Lipinski definition) is 2. The van der Waals surface area contributed by atoms with Gasteiger partial charge in [-0.15, -0.1) is 0 Å². The number of para-hydroxylation sites is 1. The first-order valence-corrected chi connectivity index (χ1v) is 5.28. The fraction of sp³-hybridized carbons (Fsp3) is 0.500. The lowest BCUT2D eigenvalue weighted by molar-refractivity contribution is -0.0511. The molecule has 2 rings (SSSR count). The Balaban J connectivity index is 2.33. The second-order valence-corrected chi connectivity index (χ2v) is 4.21. The predicted octanol–water partition coefficient (Wildman–Crippen LogP) is 2.70. The van der Waals surface area contributed by atoms with Crippen LogP contribution in [0.15, 0.2) is 24.3 Å². The van der Waals surface area contributed by atoms with Crippen molar-refractivity contribution in [3.8, 4) is 5.75 Å². The van der Waals surface area contributed by atoms with Crippen molar-refractivity contribution < 1.29 is 18.6 Å². The van der Waals surface area contributed by atoms with Crippen molar-refractivity contribution >= 4 is 0 Å². The van der Waals surface area contributed by atoms with Gasteiger partial charge in [-0.1, -0.05) is 18.2 Å². The Morgan fingerprint density at radius 2 is 1.94 bits per heavy atom. The summed E-state index contributed by atoms with van der Waals surface area (Å²) >= 11 is 0. The maximum atomic E-state index is 12.2. The van der Waals surface area contributed by atoms with Crippen molar-refractivity contribution in [2.24, 2.45) is 0 Å². The van der Waals surface area contributed by atoms with Gasteiger partial charge >= 0.3 is 6.61 Å². The summed E-state index contributed by atoms with van der Waals surface area (Å²) in [5.74, 6) is 0.177. The summed E-state index contributed by atoms with van der Waals surface area (Å²) in [6.45, 7) is -1.14. The van der Waals surface area contributed by atoms with Crippen LogP contribution in [-0.2, 0) is 5.41 Å². The lowest BCUT2D eigenvalue weighted by Gasteiger charge is -2.22. The van der Waals surface area contributed by atoms with E-state index >= 15 is 0 Å². The summed E-state index contributed by atoms with van der Waals surface area (Å²) < 4.78 is 28.9. The molecule has 2 nitrogen and oxygen atoms in total. The predicted molar refractivity (Wildman–Crippen MR) is 55.7 cm³/mol. The summed E-state index contributed by atoms with van der Waals surface area (Å²) in [4.78, 5) is 0. The van der Waals surface area contributed by atoms with Crippen LogP contribution in [0.3, 0.4) is 0 Å². The fourth-order valence-electron chi connectivity index (χ4n) is 2.12. The molecule has 0 heterocycles. The van der Waals surface area contributed by atoms with Gasteiger partial charge in [0.25, 0.3) is 0 Å². The molecule has 0 bridgehead atoms. The number of aliphatic hydroxyl groups excluding tert-OH is 1. The molecule has 1 saturated carbocycles. The molecular formula is C12H14F2O2. The van der Waals surface area contributed by atoms with E-state index < -0.39 is 12.7 Å². The van der Waals surface area contributed by atoms with Gasteiger partial charge < -0.3 is 9.84 Å². The van der Waals surface area contributed by atoms with Gasteiger partial charge in [0, 0.05) is 11.0 Å². The van der Waals surface area contributed by atoms with E-state index in [0.717, 1.165) is 12.8 Å². The molecule has 1 aromatic carbocycles. The lowest BCUT2D eigenvalue weighted by Crippen LogP contribution is -2.23. The highest BCUT2D eigenvalue weighted by Gasteiger charge is 2.50. The number of ether oxygens (including phenoxy) is 1. The third kappa shape index (κ3) is 1.89. The topological polar surface area (TPSA) is 29.5 Å². The first-order valence-electron chi connectivity index (χ1n) is 5.28. The summed E-state index contributed by atoms with van der Waals surface area (Å²) in [5, 5.41) is 9.71. The van der Waals surface area contributed by atoms with Crippen LogP contribution < -0.4 is 4.74 Å². The number of benzene rings is 1. The van der Waals surface area contributed by atoms with Gasteiger partial charge in [0.2, 0.25) is 0 Å². The molecule has 1 unspecified atom stereocenters. The zero-order chi connectivity index (χ0) is 11.8. The van der Waals surface area contributed by atoms with Crippen LogP contribution in [0.25, 0.3) is 0 Å². The van der Waals surface area contributed by atoms with Crippen molar-refractivity contribution in [1.82, 2.24) is 0 Å². The van der Waals surface area contributed by atoms with E-state index in [4.69, 9.17) is 0 Å². The molecule has 16 heavy (non-hydrogen) atoms. The van der Waals surface area contributed by atoms with E-state index in [-0.39, 0.29) is 11.2 Å². The molecule has 4 heteroatoms. The SMILES string of the molecule is CC(O)C1(c2ccccc2OC(F)F)CC1. The number of hydrogen-bond donors (Lipinski definition) is 1. The molecular weight excluding hydrogens is 214 g/mol. The van der Waals surface area contributed by atoms with Crippen molar-refractivity contribution in [3.63, 3.8) is 0 Å².